The molecule has 1 aromatic rings. The van der Waals surface area contributed by atoms with Crippen LogP contribution in [0.1, 0.15) is 20.8 Å². The van der Waals surface area contributed by atoms with Gasteiger partial charge >= 0.3 is 0 Å². The largest absolute Gasteiger partial charge is 0.338 e. The quantitative estimate of drug-likeness (QED) is 0.797. The van der Waals surface area contributed by atoms with Gasteiger partial charge in [0, 0.05) is 50.0 Å². The van der Waals surface area contributed by atoms with Crippen LogP contribution in [0.25, 0.3) is 0 Å². The summed E-state index contributed by atoms with van der Waals surface area (Å²) in [5.74, 6) is 0.817. The topological polar surface area (TPSA) is 58.3 Å². The Kier molecular flexibility index (Phi) is 4.39. The molecule has 0 saturated carbocycles. The van der Waals surface area contributed by atoms with E-state index in [1.807, 2.05) is 12.4 Å². The van der Waals surface area contributed by atoms with E-state index in [0.29, 0.717) is 12.7 Å². The van der Waals surface area contributed by atoms with Crippen LogP contribution >= 0.6 is 9.24 Å². The highest BCUT2D eigenvalue weighted by Crippen LogP contribution is 2.28. The first kappa shape index (κ1) is 14.6. The predicted molar refractivity (Wildman–Crippen MR) is 82.6 cm³/mol. The Morgan fingerprint density at radius 3 is 2.47 bits per heavy atom. The lowest BCUT2D eigenvalue weighted by Crippen LogP contribution is -2.59. The lowest BCUT2D eigenvalue weighted by Gasteiger charge is -2.46. The van der Waals surface area contributed by atoms with Gasteiger partial charge in [0.05, 0.1) is 0 Å². The number of nitrogens with two attached hydrogens (primary N) is 1. The van der Waals surface area contributed by atoms with E-state index < -0.39 is 0 Å². The molecule has 1 aliphatic rings. The van der Waals surface area contributed by atoms with Gasteiger partial charge in [0.25, 0.3) is 0 Å². The molecule has 0 aromatic carbocycles. The summed E-state index contributed by atoms with van der Waals surface area (Å²) in [6.45, 7) is 10.2. The van der Waals surface area contributed by atoms with Crippen LogP contribution < -0.4 is 15.9 Å². The molecular formula is C13H24N5P. The lowest BCUT2D eigenvalue weighted by molar-refractivity contribution is 0.0887. The third-order valence-electron chi connectivity index (χ3n) is 3.67. The zero-order valence-electron chi connectivity index (χ0n) is 12.0. The molecule has 2 heterocycles. The highest BCUT2D eigenvalue weighted by Gasteiger charge is 2.35. The molecule has 0 aliphatic carbocycles. The average Bonchev–Trinajstić information content (AvgIpc) is 2.38. The molecule has 2 unspecified atom stereocenters. The Hall–Kier alpha value is -0.770. The molecule has 1 aromatic heterocycles. The second-order valence-electron chi connectivity index (χ2n) is 6.14. The summed E-state index contributed by atoms with van der Waals surface area (Å²) in [4.78, 5) is 13.4. The van der Waals surface area contributed by atoms with Crippen LogP contribution in [0.15, 0.2) is 12.4 Å². The maximum Gasteiger partial charge on any atom is 0.225 e. The maximum absolute atomic E-state index is 5.87. The van der Waals surface area contributed by atoms with Gasteiger partial charge in [-0.25, -0.2) is 9.97 Å². The molecule has 1 saturated heterocycles. The van der Waals surface area contributed by atoms with E-state index in [0.717, 1.165) is 30.9 Å². The fourth-order valence-corrected chi connectivity index (χ4v) is 2.69. The van der Waals surface area contributed by atoms with E-state index in [9.17, 15) is 0 Å². The van der Waals surface area contributed by atoms with Crippen LogP contribution in [0.3, 0.4) is 0 Å². The Morgan fingerprint density at radius 2 is 1.95 bits per heavy atom. The molecular weight excluding hydrogens is 257 g/mol. The summed E-state index contributed by atoms with van der Waals surface area (Å²) in [7, 11) is 2.61. The minimum atomic E-state index is 0.193. The third kappa shape index (κ3) is 3.41. The Bertz CT molecular complexity index is 414. The number of piperazine rings is 1. The molecule has 19 heavy (non-hydrogen) atoms. The summed E-state index contributed by atoms with van der Waals surface area (Å²) in [5, 5.41) is 1.01. The predicted octanol–water partition coefficient (Wildman–Crippen LogP) is 0.430. The fraction of sp³-hybridized carbons (Fsp3) is 0.692. The van der Waals surface area contributed by atoms with Crippen molar-refractivity contribution in [2.45, 2.75) is 26.8 Å². The molecule has 1 fully saturated rings. The van der Waals surface area contributed by atoms with Gasteiger partial charge in [-0.2, -0.15) is 0 Å². The van der Waals surface area contributed by atoms with Crippen LogP contribution in [0, 0.1) is 5.41 Å². The van der Waals surface area contributed by atoms with Crippen molar-refractivity contribution in [3.63, 3.8) is 0 Å². The summed E-state index contributed by atoms with van der Waals surface area (Å²) in [6, 6.07) is 0.422. The SMILES string of the molecule is CC(C)(C)C1CN(c2ncc(P)cn2)CCN1CN. The number of hydrogen-bond acceptors (Lipinski definition) is 5. The van der Waals surface area contributed by atoms with Gasteiger partial charge in [0.2, 0.25) is 5.95 Å². The molecule has 1 aliphatic heterocycles. The first-order valence-electron chi connectivity index (χ1n) is 6.68. The van der Waals surface area contributed by atoms with Crippen molar-refractivity contribution in [3.05, 3.63) is 12.4 Å². The van der Waals surface area contributed by atoms with Gasteiger partial charge in [0.1, 0.15) is 0 Å². The van der Waals surface area contributed by atoms with Crippen molar-refractivity contribution in [2.75, 3.05) is 31.2 Å². The van der Waals surface area contributed by atoms with Crippen molar-refractivity contribution in [3.8, 4) is 0 Å². The van der Waals surface area contributed by atoms with Crippen LogP contribution in [-0.4, -0.2) is 47.2 Å². The molecule has 0 bridgehead atoms. The van der Waals surface area contributed by atoms with Crippen molar-refractivity contribution in [1.82, 2.24) is 14.9 Å². The number of aromatic nitrogens is 2. The first-order valence-corrected chi connectivity index (χ1v) is 7.26. The van der Waals surface area contributed by atoms with Crippen molar-refractivity contribution in [1.29, 1.82) is 0 Å². The summed E-state index contributed by atoms with van der Waals surface area (Å²) in [6.07, 6.45) is 3.68. The highest BCUT2D eigenvalue weighted by molar-refractivity contribution is 7.27. The minimum Gasteiger partial charge on any atom is -0.338 e. The second-order valence-corrected chi connectivity index (χ2v) is 6.81. The number of rotatable bonds is 2. The average molecular weight is 281 g/mol. The van der Waals surface area contributed by atoms with Crippen LogP contribution in [0.4, 0.5) is 5.95 Å². The summed E-state index contributed by atoms with van der Waals surface area (Å²) >= 11 is 0. The summed E-state index contributed by atoms with van der Waals surface area (Å²) in [5.41, 5.74) is 6.06. The van der Waals surface area contributed by atoms with Crippen LogP contribution in [0.5, 0.6) is 0 Å². The zero-order valence-corrected chi connectivity index (χ0v) is 13.2. The van der Waals surface area contributed by atoms with E-state index in [-0.39, 0.29) is 5.41 Å². The van der Waals surface area contributed by atoms with Crippen LogP contribution in [0.2, 0.25) is 0 Å². The number of hydrogen-bond donors (Lipinski definition) is 1. The number of anilines is 1. The molecule has 0 spiro atoms. The van der Waals surface area contributed by atoms with E-state index in [1.165, 1.54) is 0 Å². The molecule has 0 amide bonds. The van der Waals surface area contributed by atoms with Crippen molar-refractivity contribution in [2.24, 2.45) is 11.1 Å². The normalized spacial score (nSPS) is 21.7. The van der Waals surface area contributed by atoms with Crippen LogP contribution in [-0.2, 0) is 0 Å². The Morgan fingerprint density at radius 1 is 1.32 bits per heavy atom. The standard InChI is InChI=1S/C13H24N5P/c1-13(2,3)11-8-17(4-5-18(11)9-14)12-15-6-10(19)7-16-12/h6-7,11H,4-5,8-9,14,19H2,1-3H3. The summed E-state index contributed by atoms with van der Waals surface area (Å²) < 4.78 is 0. The Balaban J connectivity index is 2.15. The van der Waals surface area contributed by atoms with Gasteiger partial charge in [-0.1, -0.05) is 20.8 Å². The van der Waals surface area contributed by atoms with E-state index in [4.69, 9.17) is 5.73 Å². The maximum atomic E-state index is 5.87. The third-order valence-corrected chi connectivity index (χ3v) is 3.96. The van der Waals surface area contributed by atoms with Gasteiger partial charge in [-0.3, -0.25) is 4.90 Å². The fourth-order valence-electron chi connectivity index (χ4n) is 2.54. The lowest BCUT2D eigenvalue weighted by atomic mass is 9.84. The monoisotopic (exact) mass is 281 g/mol. The molecule has 6 heteroatoms. The Labute approximate surface area is 117 Å². The first-order chi connectivity index (χ1) is 8.91. The van der Waals surface area contributed by atoms with Crippen molar-refractivity contribution < 1.29 is 0 Å². The molecule has 5 nitrogen and oxygen atoms in total. The van der Waals surface area contributed by atoms with E-state index >= 15 is 0 Å². The number of nitrogens with zero attached hydrogens (tertiary/aromatic N) is 4. The van der Waals surface area contributed by atoms with E-state index in [1.54, 1.807) is 0 Å². The van der Waals surface area contributed by atoms with Crippen molar-refractivity contribution >= 4 is 20.5 Å². The van der Waals surface area contributed by atoms with Gasteiger partial charge in [0.15, 0.2) is 0 Å². The van der Waals surface area contributed by atoms with Gasteiger partial charge in [-0.05, 0) is 5.41 Å². The smallest absolute Gasteiger partial charge is 0.225 e. The second kappa shape index (κ2) is 5.70. The molecule has 2 rings (SSSR count). The molecule has 2 atom stereocenters. The van der Waals surface area contributed by atoms with Gasteiger partial charge in [-0.15, -0.1) is 9.24 Å². The minimum absolute atomic E-state index is 0.193. The molecule has 2 N–H and O–H groups in total. The molecule has 106 valence electrons. The van der Waals surface area contributed by atoms with Gasteiger partial charge < -0.3 is 10.6 Å². The molecule has 0 radical (unpaired) electrons. The van der Waals surface area contributed by atoms with E-state index in [2.05, 4.69) is 49.8 Å². The highest BCUT2D eigenvalue weighted by atomic mass is 31.0. The zero-order chi connectivity index (χ0) is 14.0.